The van der Waals surface area contributed by atoms with Gasteiger partial charge < -0.3 is 10.2 Å². The lowest BCUT2D eigenvalue weighted by atomic mass is 9.92. The summed E-state index contributed by atoms with van der Waals surface area (Å²) in [4.78, 5) is 14.2. The molecule has 1 aliphatic rings. The molecule has 0 fully saturated rings. The van der Waals surface area contributed by atoms with Gasteiger partial charge >= 0.3 is 0 Å². The third-order valence-corrected chi connectivity index (χ3v) is 5.58. The van der Waals surface area contributed by atoms with Crippen LogP contribution in [0.5, 0.6) is 0 Å². The Kier molecular flexibility index (Phi) is 6.69. The molecule has 0 saturated carbocycles. The molecule has 3 rings (SSSR count). The van der Waals surface area contributed by atoms with Crippen molar-refractivity contribution in [1.82, 2.24) is 0 Å². The van der Waals surface area contributed by atoms with Gasteiger partial charge in [-0.2, -0.15) is 0 Å². The van der Waals surface area contributed by atoms with Crippen molar-refractivity contribution in [2.24, 2.45) is 0 Å². The lowest BCUT2D eigenvalue weighted by Crippen LogP contribution is -3.13. The van der Waals surface area contributed by atoms with Crippen molar-refractivity contribution in [3.8, 4) is 0 Å². The van der Waals surface area contributed by atoms with Crippen LogP contribution in [-0.4, -0.2) is 25.5 Å². The molecular formula is C25H33N2O+. The van der Waals surface area contributed by atoms with E-state index in [9.17, 15) is 4.79 Å². The molecule has 28 heavy (non-hydrogen) atoms. The van der Waals surface area contributed by atoms with Gasteiger partial charge in [-0.3, -0.25) is 4.79 Å². The minimum atomic E-state index is 0.113. The van der Waals surface area contributed by atoms with Crippen molar-refractivity contribution in [1.29, 1.82) is 0 Å². The van der Waals surface area contributed by atoms with Gasteiger partial charge in [0.25, 0.3) is 5.91 Å². The molecule has 0 bridgehead atoms. The number of quaternary nitrogens is 1. The van der Waals surface area contributed by atoms with Crippen LogP contribution in [0, 0.1) is 0 Å². The minimum absolute atomic E-state index is 0.113. The zero-order valence-corrected chi connectivity index (χ0v) is 17.6. The molecule has 1 atom stereocenters. The van der Waals surface area contributed by atoms with E-state index in [0.29, 0.717) is 18.4 Å². The van der Waals surface area contributed by atoms with E-state index in [1.807, 2.05) is 0 Å². The Morgan fingerprint density at radius 1 is 0.964 bits per heavy atom. The monoisotopic (exact) mass is 377 g/mol. The molecule has 1 unspecified atom stereocenters. The van der Waals surface area contributed by atoms with E-state index < -0.39 is 0 Å². The largest absolute Gasteiger partial charge is 0.324 e. The van der Waals surface area contributed by atoms with Crippen molar-refractivity contribution in [2.45, 2.75) is 46.0 Å². The standard InChI is InChI=1S/C25H32N2O/c1-18(2)22-11-8-12-23(19(3)4)25(22)26-24(28)17-27-15-13-21(14-16-27)20-9-6-5-7-10-20/h5-13,18-19H,14-17H2,1-4H3,(H,26,28)/p+1. The number of hydrogen-bond donors (Lipinski definition) is 2. The van der Waals surface area contributed by atoms with Gasteiger partial charge in [-0.15, -0.1) is 0 Å². The highest BCUT2D eigenvalue weighted by molar-refractivity contribution is 5.93. The number of nitrogens with one attached hydrogen (secondary N) is 2. The maximum Gasteiger partial charge on any atom is 0.279 e. The molecule has 2 aromatic rings. The van der Waals surface area contributed by atoms with Crippen LogP contribution >= 0.6 is 0 Å². The molecule has 1 heterocycles. The normalized spacial score (nSPS) is 16.9. The number of benzene rings is 2. The summed E-state index contributed by atoms with van der Waals surface area (Å²) in [5.74, 6) is 0.877. The molecule has 0 radical (unpaired) electrons. The quantitative estimate of drug-likeness (QED) is 0.775. The Morgan fingerprint density at radius 2 is 1.61 bits per heavy atom. The van der Waals surface area contributed by atoms with Crippen LogP contribution < -0.4 is 10.2 Å². The van der Waals surface area contributed by atoms with E-state index in [0.717, 1.165) is 25.2 Å². The predicted octanol–water partition coefficient (Wildman–Crippen LogP) is 4.24. The number of carbonyl (C=O) groups is 1. The van der Waals surface area contributed by atoms with Crippen molar-refractivity contribution in [3.63, 3.8) is 0 Å². The van der Waals surface area contributed by atoms with Crippen LogP contribution in [0.25, 0.3) is 5.57 Å². The summed E-state index contributed by atoms with van der Waals surface area (Å²) >= 11 is 0. The van der Waals surface area contributed by atoms with Gasteiger partial charge in [0, 0.05) is 12.1 Å². The lowest BCUT2D eigenvalue weighted by molar-refractivity contribution is -0.886. The van der Waals surface area contributed by atoms with Crippen molar-refractivity contribution in [3.05, 3.63) is 71.3 Å². The molecule has 3 nitrogen and oxygen atoms in total. The van der Waals surface area contributed by atoms with Crippen LogP contribution in [0.4, 0.5) is 5.69 Å². The molecule has 3 heteroatoms. The van der Waals surface area contributed by atoms with E-state index in [2.05, 4.69) is 87.6 Å². The highest BCUT2D eigenvalue weighted by Crippen LogP contribution is 2.32. The van der Waals surface area contributed by atoms with Gasteiger partial charge in [-0.05, 0) is 40.2 Å². The van der Waals surface area contributed by atoms with Gasteiger partial charge in [0.1, 0.15) is 0 Å². The van der Waals surface area contributed by atoms with Crippen LogP contribution in [0.1, 0.15) is 62.6 Å². The predicted molar refractivity (Wildman–Crippen MR) is 118 cm³/mol. The summed E-state index contributed by atoms with van der Waals surface area (Å²) in [5.41, 5.74) is 6.17. The van der Waals surface area contributed by atoms with Crippen molar-refractivity contribution >= 4 is 17.2 Å². The molecule has 0 spiro atoms. The van der Waals surface area contributed by atoms with Gasteiger partial charge in [-0.25, -0.2) is 0 Å². The van der Waals surface area contributed by atoms with E-state index in [1.54, 1.807) is 0 Å². The Balaban J connectivity index is 1.66. The second kappa shape index (κ2) is 9.20. The highest BCUT2D eigenvalue weighted by Gasteiger charge is 2.21. The molecule has 0 aromatic heterocycles. The first-order valence-electron chi connectivity index (χ1n) is 10.5. The second-order valence-electron chi connectivity index (χ2n) is 8.40. The molecule has 2 N–H and O–H groups in total. The molecule has 0 aliphatic carbocycles. The third kappa shape index (κ3) is 4.90. The number of amides is 1. The summed E-state index contributed by atoms with van der Waals surface area (Å²) in [5, 5.41) is 3.25. The van der Waals surface area contributed by atoms with Crippen LogP contribution in [0.15, 0.2) is 54.6 Å². The molecule has 148 valence electrons. The Morgan fingerprint density at radius 3 is 2.14 bits per heavy atom. The first-order chi connectivity index (χ1) is 13.5. The van der Waals surface area contributed by atoms with Crippen LogP contribution in [0.3, 0.4) is 0 Å². The topological polar surface area (TPSA) is 33.5 Å². The minimum Gasteiger partial charge on any atom is -0.324 e. The molecule has 1 aliphatic heterocycles. The fourth-order valence-corrected chi connectivity index (χ4v) is 3.96. The summed E-state index contributed by atoms with van der Waals surface area (Å²) in [6, 6.07) is 16.9. The highest BCUT2D eigenvalue weighted by atomic mass is 16.2. The van der Waals surface area contributed by atoms with E-state index >= 15 is 0 Å². The molecule has 2 aromatic carbocycles. The van der Waals surface area contributed by atoms with Crippen molar-refractivity contribution in [2.75, 3.05) is 25.0 Å². The van der Waals surface area contributed by atoms with E-state index in [4.69, 9.17) is 0 Å². The lowest BCUT2D eigenvalue weighted by Gasteiger charge is -2.24. The van der Waals surface area contributed by atoms with Gasteiger partial charge in [0.15, 0.2) is 6.54 Å². The first-order valence-corrected chi connectivity index (χ1v) is 10.5. The SMILES string of the molecule is CC(C)c1cccc(C(C)C)c1NC(=O)C[NH+]1CC=C(c2ccccc2)CC1. The number of anilines is 1. The fourth-order valence-electron chi connectivity index (χ4n) is 3.96. The molecule has 0 saturated heterocycles. The summed E-state index contributed by atoms with van der Waals surface area (Å²) in [6.07, 6.45) is 3.31. The maximum absolute atomic E-state index is 12.8. The van der Waals surface area contributed by atoms with Crippen LogP contribution in [-0.2, 0) is 4.79 Å². The average Bonchev–Trinajstić information content (AvgIpc) is 2.69. The average molecular weight is 378 g/mol. The van der Waals surface area contributed by atoms with E-state index in [1.165, 1.54) is 27.2 Å². The maximum atomic E-state index is 12.8. The Bertz CT molecular complexity index is 811. The fraction of sp³-hybridized carbons (Fsp3) is 0.400. The van der Waals surface area contributed by atoms with Crippen molar-refractivity contribution < 1.29 is 9.69 Å². The first kappa shape index (κ1) is 20.3. The smallest absolute Gasteiger partial charge is 0.279 e. The second-order valence-corrected chi connectivity index (χ2v) is 8.40. The number of hydrogen-bond acceptors (Lipinski definition) is 1. The zero-order chi connectivity index (χ0) is 20.1. The molecule has 1 amide bonds. The third-order valence-electron chi connectivity index (χ3n) is 5.58. The Hall–Kier alpha value is -2.39. The summed E-state index contributed by atoms with van der Waals surface area (Å²) in [6.45, 7) is 11.1. The van der Waals surface area contributed by atoms with Crippen LogP contribution in [0.2, 0.25) is 0 Å². The summed E-state index contributed by atoms with van der Waals surface area (Å²) in [7, 11) is 0. The summed E-state index contributed by atoms with van der Waals surface area (Å²) < 4.78 is 0. The number of para-hydroxylation sites is 1. The van der Waals surface area contributed by atoms with Gasteiger partial charge in [0.05, 0.1) is 13.1 Å². The van der Waals surface area contributed by atoms with Gasteiger partial charge in [0.2, 0.25) is 0 Å². The zero-order valence-electron chi connectivity index (χ0n) is 17.6. The number of carbonyl (C=O) groups excluding carboxylic acids is 1. The number of rotatable bonds is 6. The Labute approximate surface area is 169 Å². The van der Waals surface area contributed by atoms with E-state index in [-0.39, 0.29) is 5.91 Å². The van der Waals surface area contributed by atoms with Gasteiger partial charge in [-0.1, -0.05) is 76.2 Å². The molecular weight excluding hydrogens is 344 g/mol.